The van der Waals surface area contributed by atoms with Crippen LogP contribution in [0.2, 0.25) is 0 Å². The summed E-state index contributed by atoms with van der Waals surface area (Å²) in [4.78, 5) is 0.226. The van der Waals surface area contributed by atoms with Crippen LogP contribution in [0.4, 0.5) is 5.69 Å². The molecule has 0 aliphatic heterocycles. The number of sulfonamides is 1. The summed E-state index contributed by atoms with van der Waals surface area (Å²) in [5, 5.41) is 8.74. The fraction of sp³-hybridized carbons (Fsp3) is 0.235. The zero-order chi connectivity index (χ0) is 16.2. The lowest BCUT2D eigenvalue weighted by Gasteiger charge is -2.11. The van der Waals surface area contributed by atoms with E-state index in [2.05, 4.69) is 18.6 Å². The van der Waals surface area contributed by atoms with Crippen molar-refractivity contribution >= 4 is 15.7 Å². The van der Waals surface area contributed by atoms with Crippen LogP contribution in [0.5, 0.6) is 0 Å². The molecule has 0 heterocycles. The predicted molar refractivity (Wildman–Crippen MR) is 87.1 cm³/mol. The quantitative estimate of drug-likeness (QED) is 0.910. The van der Waals surface area contributed by atoms with Gasteiger partial charge in [0.1, 0.15) is 0 Å². The maximum absolute atomic E-state index is 12.3. The summed E-state index contributed by atoms with van der Waals surface area (Å²) < 4.78 is 27.2. The molecular formula is C17H18N2O2S. The number of hydrogen-bond acceptors (Lipinski definition) is 3. The molecule has 22 heavy (non-hydrogen) atoms. The summed E-state index contributed by atoms with van der Waals surface area (Å²) in [6, 6.07) is 15.2. The normalized spacial score (nSPS) is 12.4. The van der Waals surface area contributed by atoms with E-state index < -0.39 is 10.0 Å². The highest BCUT2D eigenvalue weighted by Gasteiger charge is 2.14. The van der Waals surface area contributed by atoms with Crippen molar-refractivity contribution in [1.29, 1.82) is 5.26 Å². The standard InChI is InChI=1S/C17H18N2O2S/c1-3-13(2)15-6-10-17(11-7-15)22(20,21)19-16-8-4-14(12-18)5-9-16/h4-11,13,19H,3H2,1-2H3/t13-/m0/s1. The lowest BCUT2D eigenvalue weighted by atomic mass is 9.99. The lowest BCUT2D eigenvalue weighted by molar-refractivity contribution is 0.601. The molecule has 0 unspecified atom stereocenters. The first-order valence-electron chi connectivity index (χ1n) is 7.09. The summed E-state index contributed by atoms with van der Waals surface area (Å²) in [6.07, 6.45) is 1.01. The Morgan fingerprint density at radius 3 is 2.18 bits per heavy atom. The number of anilines is 1. The maximum Gasteiger partial charge on any atom is 0.261 e. The maximum atomic E-state index is 12.3. The van der Waals surface area contributed by atoms with E-state index in [0.717, 1.165) is 12.0 Å². The van der Waals surface area contributed by atoms with E-state index in [1.165, 1.54) is 0 Å². The van der Waals surface area contributed by atoms with Crippen LogP contribution in [0.3, 0.4) is 0 Å². The van der Waals surface area contributed by atoms with Gasteiger partial charge in [-0.3, -0.25) is 4.72 Å². The van der Waals surface area contributed by atoms with Gasteiger partial charge >= 0.3 is 0 Å². The summed E-state index contributed by atoms with van der Waals surface area (Å²) >= 11 is 0. The largest absolute Gasteiger partial charge is 0.280 e. The molecule has 2 aromatic carbocycles. The number of hydrogen-bond donors (Lipinski definition) is 1. The minimum atomic E-state index is -3.61. The SMILES string of the molecule is CC[C@H](C)c1ccc(S(=O)(=O)Nc2ccc(C#N)cc2)cc1. The van der Waals surface area contributed by atoms with Gasteiger partial charge in [0, 0.05) is 5.69 Å². The number of nitrogens with one attached hydrogen (secondary N) is 1. The molecule has 1 atom stereocenters. The summed E-state index contributed by atoms with van der Waals surface area (Å²) in [6.45, 7) is 4.21. The number of nitrogens with zero attached hydrogens (tertiary/aromatic N) is 1. The van der Waals surface area contributed by atoms with E-state index in [9.17, 15) is 8.42 Å². The van der Waals surface area contributed by atoms with Crippen molar-refractivity contribution in [3.63, 3.8) is 0 Å². The van der Waals surface area contributed by atoms with Crippen molar-refractivity contribution in [1.82, 2.24) is 0 Å². The van der Waals surface area contributed by atoms with Crippen molar-refractivity contribution < 1.29 is 8.42 Å². The van der Waals surface area contributed by atoms with Crippen LogP contribution in [0.25, 0.3) is 0 Å². The first-order valence-corrected chi connectivity index (χ1v) is 8.57. The van der Waals surface area contributed by atoms with Gasteiger partial charge in [0.05, 0.1) is 16.5 Å². The molecule has 0 saturated carbocycles. The van der Waals surface area contributed by atoms with Crippen molar-refractivity contribution in [2.45, 2.75) is 31.1 Å². The molecule has 5 heteroatoms. The van der Waals surface area contributed by atoms with Crippen LogP contribution in [-0.2, 0) is 10.0 Å². The van der Waals surface area contributed by atoms with Crippen LogP contribution >= 0.6 is 0 Å². The molecule has 1 N–H and O–H groups in total. The van der Waals surface area contributed by atoms with Gasteiger partial charge < -0.3 is 0 Å². The fourth-order valence-electron chi connectivity index (χ4n) is 2.04. The average Bonchev–Trinajstić information content (AvgIpc) is 2.54. The van der Waals surface area contributed by atoms with Crippen molar-refractivity contribution in [3.8, 4) is 6.07 Å². The molecule has 0 spiro atoms. The van der Waals surface area contributed by atoms with Gasteiger partial charge in [-0.1, -0.05) is 26.0 Å². The monoisotopic (exact) mass is 314 g/mol. The van der Waals surface area contributed by atoms with Crippen molar-refractivity contribution in [2.24, 2.45) is 0 Å². The average molecular weight is 314 g/mol. The van der Waals surface area contributed by atoms with Crippen LogP contribution in [0.1, 0.15) is 37.3 Å². The Kier molecular flexibility index (Phi) is 4.84. The summed E-state index contributed by atoms with van der Waals surface area (Å²) in [5.74, 6) is 0.406. The van der Waals surface area contributed by atoms with Crippen molar-refractivity contribution in [3.05, 3.63) is 59.7 Å². The predicted octanol–water partition coefficient (Wildman–Crippen LogP) is 3.87. The molecule has 114 valence electrons. The van der Waals surface area contributed by atoms with Crippen LogP contribution < -0.4 is 4.72 Å². The van der Waals surface area contributed by atoms with Crippen LogP contribution in [0, 0.1) is 11.3 Å². The van der Waals surface area contributed by atoms with Gasteiger partial charge in [-0.25, -0.2) is 8.42 Å². The van der Waals surface area contributed by atoms with Gasteiger partial charge in [0.25, 0.3) is 10.0 Å². The smallest absolute Gasteiger partial charge is 0.261 e. The molecule has 2 rings (SSSR count). The Morgan fingerprint density at radius 2 is 1.68 bits per heavy atom. The Labute approximate surface area is 131 Å². The van der Waals surface area contributed by atoms with Gasteiger partial charge in [-0.15, -0.1) is 0 Å². The number of rotatable bonds is 5. The van der Waals surface area contributed by atoms with E-state index in [1.807, 2.05) is 18.2 Å². The first kappa shape index (κ1) is 16.1. The molecular weight excluding hydrogens is 296 g/mol. The third-order valence-electron chi connectivity index (χ3n) is 3.64. The molecule has 0 aliphatic rings. The van der Waals surface area contributed by atoms with Gasteiger partial charge in [-0.05, 0) is 54.3 Å². The van der Waals surface area contributed by atoms with Gasteiger partial charge in [-0.2, -0.15) is 5.26 Å². The second-order valence-electron chi connectivity index (χ2n) is 5.17. The van der Waals surface area contributed by atoms with Gasteiger partial charge in [0.15, 0.2) is 0 Å². The minimum Gasteiger partial charge on any atom is -0.280 e. The summed E-state index contributed by atoms with van der Waals surface area (Å²) in [7, 11) is -3.61. The molecule has 0 bridgehead atoms. The summed E-state index contributed by atoms with van der Waals surface area (Å²) in [5.41, 5.74) is 2.05. The highest BCUT2D eigenvalue weighted by Crippen LogP contribution is 2.22. The Hall–Kier alpha value is -2.32. The second-order valence-corrected chi connectivity index (χ2v) is 6.86. The fourth-order valence-corrected chi connectivity index (χ4v) is 3.10. The molecule has 0 saturated heterocycles. The zero-order valence-electron chi connectivity index (χ0n) is 12.6. The zero-order valence-corrected chi connectivity index (χ0v) is 13.4. The molecule has 4 nitrogen and oxygen atoms in total. The number of benzene rings is 2. The third kappa shape index (κ3) is 3.66. The topological polar surface area (TPSA) is 70.0 Å². The molecule has 0 amide bonds. The Balaban J connectivity index is 2.20. The molecule has 0 radical (unpaired) electrons. The molecule has 2 aromatic rings. The van der Waals surface area contributed by atoms with E-state index in [-0.39, 0.29) is 4.90 Å². The van der Waals surface area contributed by atoms with Crippen molar-refractivity contribution in [2.75, 3.05) is 4.72 Å². The Morgan fingerprint density at radius 1 is 1.09 bits per heavy atom. The van der Waals surface area contributed by atoms with E-state index >= 15 is 0 Å². The second kappa shape index (κ2) is 6.63. The van der Waals surface area contributed by atoms with Crippen LogP contribution in [0.15, 0.2) is 53.4 Å². The molecule has 0 aromatic heterocycles. The van der Waals surface area contributed by atoms with E-state index in [1.54, 1.807) is 36.4 Å². The van der Waals surface area contributed by atoms with Crippen LogP contribution in [-0.4, -0.2) is 8.42 Å². The molecule has 0 fully saturated rings. The highest BCUT2D eigenvalue weighted by atomic mass is 32.2. The van der Waals surface area contributed by atoms with Gasteiger partial charge in [0.2, 0.25) is 0 Å². The first-order chi connectivity index (χ1) is 10.5. The van der Waals surface area contributed by atoms with E-state index in [0.29, 0.717) is 17.2 Å². The minimum absolute atomic E-state index is 0.226. The number of nitriles is 1. The lowest BCUT2D eigenvalue weighted by Crippen LogP contribution is -2.13. The molecule has 0 aliphatic carbocycles. The third-order valence-corrected chi connectivity index (χ3v) is 5.04. The highest BCUT2D eigenvalue weighted by molar-refractivity contribution is 7.92. The Bertz CT molecular complexity index is 773. The van der Waals surface area contributed by atoms with E-state index in [4.69, 9.17) is 5.26 Å².